The van der Waals surface area contributed by atoms with E-state index in [1.807, 2.05) is 0 Å². The molecule has 0 saturated heterocycles. The Morgan fingerprint density at radius 1 is 1.00 bits per heavy atom. The first-order chi connectivity index (χ1) is 11.9. The first kappa shape index (κ1) is 18.1. The van der Waals surface area contributed by atoms with Crippen molar-refractivity contribution < 1.29 is 23.5 Å². The Morgan fingerprint density at radius 3 is 2.16 bits per heavy atom. The smallest absolute Gasteiger partial charge is 0.273 e. The average molecular weight is 344 g/mol. The number of carbonyl (C=O) groups excluding carboxylic acids is 2. The van der Waals surface area contributed by atoms with Crippen LogP contribution in [0.15, 0.2) is 34.8 Å². The van der Waals surface area contributed by atoms with Crippen molar-refractivity contribution in [2.24, 2.45) is 0 Å². The maximum absolute atomic E-state index is 12.0. The van der Waals surface area contributed by atoms with Gasteiger partial charge in [0.1, 0.15) is 23.0 Å². The van der Waals surface area contributed by atoms with Crippen LogP contribution in [-0.4, -0.2) is 26.0 Å². The van der Waals surface area contributed by atoms with E-state index in [9.17, 15) is 9.59 Å². The normalized spacial score (nSPS) is 10.6. The monoisotopic (exact) mass is 344 g/mol. The number of hydrogen-bond acceptors (Lipinski definition) is 5. The van der Waals surface area contributed by atoms with Crippen molar-refractivity contribution in [3.8, 4) is 11.5 Å². The van der Waals surface area contributed by atoms with E-state index in [-0.39, 0.29) is 0 Å². The Balaban J connectivity index is 1.97. The summed E-state index contributed by atoms with van der Waals surface area (Å²) in [5, 5.41) is 0. The third-order valence-electron chi connectivity index (χ3n) is 3.39. The van der Waals surface area contributed by atoms with Gasteiger partial charge < -0.3 is 13.9 Å². The van der Waals surface area contributed by atoms with Gasteiger partial charge in [-0.1, -0.05) is 0 Å². The van der Waals surface area contributed by atoms with Crippen LogP contribution in [0.3, 0.4) is 0 Å². The standard InChI is InChI=1S/C18H20N2O5/c1-11-7-16(12(2)25-11)18(22)20-19-17(21)6-5-13-8-14(23-3)10-15(9-13)24-4/h5-10H,1-4H3,(H,19,21)(H,20,22)/b6-5+. The molecule has 25 heavy (non-hydrogen) atoms. The van der Waals surface area contributed by atoms with Crippen LogP contribution in [0.5, 0.6) is 11.5 Å². The second-order valence-corrected chi connectivity index (χ2v) is 5.25. The van der Waals surface area contributed by atoms with Gasteiger partial charge in [0.25, 0.3) is 11.8 Å². The SMILES string of the molecule is COc1cc(/C=C/C(=O)NNC(=O)c2cc(C)oc2C)cc(OC)c1. The highest BCUT2D eigenvalue weighted by atomic mass is 16.5. The van der Waals surface area contributed by atoms with Crippen LogP contribution in [0.25, 0.3) is 6.08 Å². The molecule has 1 aromatic carbocycles. The van der Waals surface area contributed by atoms with Gasteiger partial charge in [0, 0.05) is 12.1 Å². The highest BCUT2D eigenvalue weighted by Gasteiger charge is 2.13. The number of furan rings is 1. The summed E-state index contributed by atoms with van der Waals surface area (Å²) in [7, 11) is 3.09. The molecular weight excluding hydrogens is 324 g/mol. The van der Waals surface area contributed by atoms with Crippen LogP contribution in [0.2, 0.25) is 0 Å². The minimum absolute atomic E-state index is 0.374. The molecule has 0 spiro atoms. The minimum atomic E-state index is -0.479. The summed E-state index contributed by atoms with van der Waals surface area (Å²) in [4.78, 5) is 23.8. The Morgan fingerprint density at radius 2 is 1.64 bits per heavy atom. The van der Waals surface area contributed by atoms with Crippen LogP contribution in [-0.2, 0) is 4.79 Å². The minimum Gasteiger partial charge on any atom is -0.497 e. The molecule has 0 fully saturated rings. The molecule has 2 rings (SSSR count). The Kier molecular flexibility index (Phi) is 5.84. The number of nitrogens with one attached hydrogen (secondary N) is 2. The van der Waals surface area contributed by atoms with E-state index in [4.69, 9.17) is 13.9 Å². The quantitative estimate of drug-likeness (QED) is 0.642. The van der Waals surface area contributed by atoms with Gasteiger partial charge in [-0.3, -0.25) is 20.4 Å². The van der Waals surface area contributed by atoms with Gasteiger partial charge in [-0.25, -0.2) is 0 Å². The van der Waals surface area contributed by atoms with Crippen molar-refractivity contribution in [1.29, 1.82) is 0 Å². The zero-order valence-corrected chi connectivity index (χ0v) is 14.5. The van der Waals surface area contributed by atoms with Crippen LogP contribution >= 0.6 is 0 Å². The molecule has 2 amide bonds. The summed E-state index contributed by atoms with van der Waals surface area (Å²) in [6, 6.07) is 6.84. The molecule has 0 unspecified atom stereocenters. The van der Waals surface area contributed by atoms with Crippen molar-refractivity contribution in [3.63, 3.8) is 0 Å². The maximum atomic E-state index is 12.0. The van der Waals surface area contributed by atoms with E-state index in [1.165, 1.54) is 6.08 Å². The Hall–Kier alpha value is -3.22. The van der Waals surface area contributed by atoms with Crippen molar-refractivity contribution in [3.05, 3.63) is 53.0 Å². The summed E-state index contributed by atoms with van der Waals surface area (Å²) in [6.45, 7) is 3.42. The third kappa shape index (κ3) is 4.87. The second-order valence-electron chi connectivity index (χ2n) is 5.25. The molecule has 0 radical (unpaired) electrons. The molecule has 7 heteroatoms. The van der Waals surface area contributed by atoms with Crippen LogP contribution < -0.4 is 20.3 Å². The molecule has 0 bridgehead atoms. The number of benzene rings is 1. The number of aryl methyl sites for hydroxylation is 2. The number of hydrazine groups is 1. The number of methoxy groups -OCH3 is 2. The number of rotatable bonds is 5. The highest BCUT2D eigenvalue weighted by molar-refractivity contribution is 5.98. The molecule has 2 aromatic rings. The van der Waals surface area contributed by atoms with Crippen molar-refractivity contribution in [1.82, 2.24) is 10.9 Å². The van der Waals surface area contributed by atoms with Gasteiger partial charge >= 0.3 is 0 Å². The summed E-state index contributed by atoms with van der Waals surface area (Å²) in [5.41, 5.74) is 5.75. The van der Waals surface area contributed by atoms with Crippen molar-refractivity contribution in [2.45, 2.75) is 13.8 Å². The fourth-order valence-corrected chi connectivity index (χ4v) is 2.18. The van der Waals surface area contributed by atoms with Crippen LogP contribution in [0, 0.1) is 13.8 Å². The second kappa shape index (κ2) is 8.05. The number of ether oxygens (including phenoxy) is 2. The topological polar surface area (TPSA) is 89.8 Å². The molecule has 7 nitrogen and oxygen atoms in total. The van der Waals surface area contributed by atoms with E-state index in [2.05, 4.69) is 10.9 Å². The van der Waals surface area contributed by atoms with Gasteiger partial charge in [0.05, 0.1) is 19.8 Å². The largest absolute Gasteiger partial charge is 0.497 e. The lowest BCUT2D eigenvalue weighted by Crippen LogP contribution is -2.40. The first-order valence-corrected chi connectivity index (χ1v) is 7.51. The molecule has 0 aliphatic rings. The van der Waals surface area contributed by atoms with E-state index < -0.39 is 11.8 Å². The molecule has 0 saturated carbocycles. The summed E-state index contributed by atoms with van der Waals surface area (Å²) < 4.78 is 15.6. The zero-order chi connectivity index (χ0) is 18.4. The van der Waals surface area contributed by atoms with Gasteiger partial charge in [-0.2, -0.15) is 0 Å². The lowest BCUT2D eigenvalue weighted by molar-refractivity contribution is -0.117. The van der Waals surface area contributed by atoms with E-state index in [0.717, 1.165) is 5.56 Å². The maximum Gasteiger partial charge on any atom is 0.273 e. The molecular formula is C18H20N2O5. The Bertz CT molecular complexity index is 786. The highest BCUT2D eigenvalue weighted by Crippen LogP contribution is 2.23. The van der Waals surface area contributed by atoms with Gasteiger partial charge in [-0.15, -0.1) is 0 Å². The predicted molar refractivity (Wildman–Crippen MR) is 92.4 cm³/mol. The fraction of sp³-hybridized carbons (Fsp3) is 0.222. The molecule has 1 heterocycles. The van der Waals surface area contributed by atoms with Gasteiger partial charge in [0.2, 0.25) is 0 Å². The van der Waals surface area contributed by atoms with E-state index >= 15 is 0 Å². The van der Waals surface area contributed by atoms with E-state index in [0.29, 0.717) is 28.6 Å². The van der Waals surface area contributed by atoms with Crippen molar-refractivity contribution in [2.75, 3.05) is 14.2 Å². The molecule has 1 aromatic heterocycles. The molecule has 132 valence electrons. The predicted octanol–water partition coefficient (Wildman–Crippen LogP) is 2.39. The lowest BCUT2D eigenvalue weighted by atomic mass is 10.2. The van der Waals surface area contributed by atoms with Gasteiger partial charge in [-0.05, 0) is 43.7 Å². The number of hydrogen-bond donors (Lipinski definition) is 2. The van der Waals surface area contributed by atoms with Gasteiger partial charge in [0.15, 0.2) is 0 Å². The zero-order valence-electron chi connectivity index (χ0n) is 14.5. The summed E-state index contributed by atoms with van der Waals surface area (Å²) >= 11 is 0. The number of carbonyl (C=O) groups is 2. The van der Waals surface area contributed by atoms with Crippen LogP contribution in [0.4, 0.5) is 0 Å². The fourth-order valence-electron chi connectivity index (χ4n) is 2.18. The van der Waals surface area contributed by atoms with E-state index in [1.54, 1.807) is 58.4 Å². The lowest BCUT2D eigenvalue weighted by Gasteiger charge is -2.06. The third-order valence-corrected chi connectivity index (χ3v) is 3.39. The number of amides is 2. The van der Waals surface area contributed by atoms with Crippen molar-refractivity contribution >= 4 is 17.9 Å². The molecule has 2 N–H and O–H groups in total. The molecule has 0 aliphatic carbocycles. The molecule has 0 aliphatic heterocycles. The van der Waals surface area contributed by atoms with Crippen LogP contribution in [0.1, 0.15) is 27.4 Å². The first-order valence-electron chi connectivity index (χ1n) is 7.51. The molecule has 0 atom stereocenters. The average Bonchev–Trinajstić information content (AvgIpc) is 2.95. The Labute approximate surface area is 145 Å². The summed E-state index contributed by atoms with van der Waals surface area (Å²) in [6.07, 6.45) is 2.88. The summed E-state index contributed by atoms with van der Waals surface area (Å²) in [5.74, 6) is 1.41.